The summed E-state index contributed by atoms with van der Waals surface area (Å²) >= 11 is 0. The number of β-amino-alcohol motifs (C(OH)–C–C–N with tert-alkyl or cyclic N) is 1. The van der Waals surface area contributed by atoms with Crippen molar-refractivity contribution in [1.29, 1.82) is 0 Å². The van der Waals surface area contributed by atoms with Gasteiger partial charge in [-0.15, -0.1) is 0 Å². The molecule has 1 aliphatic carbocycles. The van der Waals surface area contributed by atoms with E-state index in [1.54, 1.807) is 13.2 Å². The smallest absolute Gasteiger partial charge is 0.231 e. The van der Waals surface area contributed by atoms with Crippen molar-refractivity contribution in [3.63, 3.8) is 0 Å². The monoisotopic (exact) mass is 341 g/mol. The molecule has 0 aromatic heterocycles. The highest BCUT2D eigenvalue weighted by Crippen LogP contribution is 2.56. The Morgan fingerprint density at radius 1 is 1.24 bits per heavy atom. The Labute approximate surface area is 145 Å². The lowest BCUT2D eigenvalue weighted by Gasteiger charge is -2.41. The first-order valence-corrected chi connectivity index (χ1v) is 8.33. The number of phenolic OH excluding ortho intramolecular Hbond substituents is 1. The number of nitrogens with zero attached hydrogens (tertiary/aromatic N) is 1. The first-order valence-electron chi connectivity index (χ1n) is 8.33. The maximum absolute atomic E-state index is 10.6. The summed E-state index contributed by atoms with van der Waals surface area (Å²) in [6, 6.07) is 5.66. The number of fused-ring (bicyclic) bond motifs is 4. The summed E-state index contributed by atoms with van der Waals surface area (Å²) < 4.78 is 16.6. The molecule has 2 aromatic rings. The van der Waals surface area contributed by atoms with Crippen LogP contribution in [0.25, 0.3) is 11.1 Å². The fourth-order valence-electron chi connectivity index (χ4n) is 4.34. The van der Waals surface area contributed by atoms with Gasteiger partial charge in [0.05, 0.1) is 13.2 Å². The second-order valence-electron chi connectivity index (χ2n) is 6.84. The molecule has 0 saturated heterocycles. The van der Waals surface area contributed by atoms with Crippen LogP contribution in [0.4, 0.5) is 0 Å². The molecule has 0 saturated carbocycles. The first-order chi connectivity index (χ1) is 12.1. The van der Waals surface area contributed by atoms with Gasteiger partial charge < -0.3 is 24.4 Å². The highest BCUT2D eigenvalue weighted by Gasteiger charge is 2.40. The largest absolute Gasteiger partial charge is 0.504 e. The van der Waals surface area contributed by atoms with Gasteiger partial charge in [-0.25, -0.2) is 0 Å². The van der Waals surface area contributed by atoms with Gasteiger partial charge in [-0.3, -0.25) is 4.90 Å². The third-order valence-corrected chi connectivity index (χ3v) is 5.51. The topological polar surface area (TPSA) is 71.4 Å². The zero-order valence-electron chi connectivity index (χ0n) is 14.1. The fourth-order valence-corrected chi connectivity index (χ4v) is 4.34. The third-order valence-electron chi connectivity index (χ3n) is 5.51. The summed E-state index contributed by atoms with van der Waals surface area (Å²) in [5, 5.41) is 20.9. The summed E-state index contributed by atoms with van der Waals surface area (Å²) in [6.07, 6.45) is 0.215. The summed E-state index contributed by atoms with van der Waals surface area (Å²) in [5.74, 6) is 1.90. The molecular weight excluding hydrogens is 322 g/mol. The first kappa shape index (κ1) is 14.9. The summed E-state index contributed by atoms with van der Waals surface area (Å²) in [4.78, 5) is 2.17. The molecule has 0 radical (unpaired) electrons. The Bertz CT molecular complexity index is 894. The van der Waals surface area contributed by atoms with Crippen LogP contribution in [0.1, 0.15) is 28.8 Å². The third kappa shape index (κ3) is 1.92. The molecule has 6 nitrogen and oxygen atoms in total. The van der Waals surface area contributed by atoms with Gasteiger partial charge >= 0.3 is 0 Å². The second kappa shape index (κ2) is 5.03. The number of methoxy groups -OCH3 is 1. The summed E-state index contributed by atoms with van der Waals surface area (Å²) in [6.45, 7) is 0.737. The predicted molar refractivity (Wildman–Crippen MR) is 90.3 cm³/mol. The van der Waals surface area contributed by atoms with Crippen molar-refractivity contribution in [3.8, 4) is 34.1 Å². The molecule has 25 heavy (non-hydrogen) atoms. The number of hydrogen-bond acceptors (Lipinski definition) is 6. The van der Waals surface area contributed by atoms with Crippen LogP contribution in [0.3, 0.4) is 0 Å². The van der Waals surface area contributed by atoms with Crippen LogP contribution >= 0.6 is 0 Å². The number of phenols is 1. The molecule has 0 bridgehead atoms. The van der Waals surface area contributed by atoms with Crippen molar-refractivity contribution in [2.24, 2.45) is 0 Å². The molecule has 0 fully saturated rings. The van der Waals surface area contributed by atoms with E-state index in [-0.39, 0.29) is 18.6 Å². The molecule has 0 amide bonds. The number of likely N-dealkylation sites (N-methyl/N-ethyl adjacent to an activating group) is 1. The molecular formula is C19H19NO5. The average Bonchev–Trinajstić information content (AvgIpc) is 3.06. The van der Waals surface area contributed by atoms with Gasteiger partial charge in [0.25, 0.3) is 0 Å². The van der Waals surface area contributed by atoms with Crippen molar-refractivity contribution in [1.82, 2.24) is 4.90 Å². The number of benzene rings is 2. The maximum atomic E-state index is 10.6. The van der Waals surface area contributed by atoms with E-state index in [1.165, 1.54) is 0 Å². The van der Waals surface area contributed by atoms with E-state index in [2.05, 4.69) is 4.90 Å². The number of ether oxygens (including phenoxy) is 3. The molecule has 2 atom stereocenters. The standard InChI is InChI=1S/C19H19NO5/c1-20-7-14(22)11-6-16-19(25-8-24-16)18-10-5-13(21)15(23-2)4-9(10)3-12(20)17(11)18/h4-6,12,14,21-22H,3,7-8H2,1-2H3. The van der Waals surface area contributed by atoms with Crippen LogP contribution in [-0.4, -0.2) is 42.6 Å². The molecule has 6 heteroatoms. The van der Waals surface area contributed by atoms with Crippen molar-refractivity contribution in [3.05, 3.63) is 34.9 Å². The van der Waals surface area contributed by atoms with E-state index in [4.69, 9.17) is 14.2 Å². The second-order valence-corrected chi connectivity index (χ2v) is 6.84. The normalized spacial score (nSPS) is 23.2. The van der Waals surface area contributed by atoms with Crippen LogP contribution in [0.5, 0.6) is 23.0 Å². The van der Waals surface area contributed by atoms with Gasteiger partial charge in [0.2, 0.25) is 6.79 Å². The lowest BCUT2D eigenvalue weighted by Crippen LogP contribution is -2.38. The van der Waals surface area contributed by atoms with E-state index >= 15 is 0 Å². The van der Waals surface area contributed by atoms with E-state index in [9.17, 15) is 10.2 Å². The Morgan fingerprint density at radius 3 is 2.88 bits per heavy atom. The minimum atomic E-state index is -0.571. The molecule has 2 heterocycles. The maximum Gasteiger partial charge on any atom is 0.231 e. The number of aliphatic hydroxyl groups excluding tert-OH is 1. The highest BCUT2D eigenvalue weighted by molar-refractivity contribution is 5.85. The quantitative estimate of drug-likeness (QED) is 0.830. The van der Waals surface area contributed by atoms with Crippen LogP contribution in [0, 0.1) is 0 Å². The van der Waals surface area contributed by atoms with Crippen LogP contribution in [0.15, 0.2) is 18.2 Å². The van der Waals surface area contributed by atoms with Crippen LogP contribution in [-0.2, 0) is 6.42 Å². The minimum absolute atomic E-state index is 0.0923. The van der Waals surface area contributed by atoms with Crippen molar-refractivity contribution >= 4 is 0 Å². The van der Waals surface area contributed by atoms with Crippen LogP contribution in [0.2, 0.25) is 0 Å². The fraction of sp³-hybridized carbons (Fsp3) is 0.368. The predicted octanol–water partition coefficient (Wildman–Crippen LogP) is 2.37. The molecule has 2 unspecified atom stereocenters. The van der Waals surface area contributed by atoms with Gasteiger partial charge in [-0.2, -0.15) is 0 Å². The summed E-state index contributed by atoms with van der Waals surface area (Å²) in [5.41, 5.74) is 4.88. The Hall–Kier alpha value is -2.44. The Kier molecular flexibility index (Phi) is 2.99. The van der Waals surface area contributed by atoms with E-state index < -0.39 is 6.10 Å². The molecule has 130 valence electrons. The molecule has 5 rings (SSSR count). The van der Waals surface area contributed by atoms with Crippen LogP contribution < -0.4 is 14.2 Å². The van der Waals surface area contributed by atoms with Gasteiger partial charge in [-0.1, -0.05) is 0 Å². The summed E-state index contributed by atoms with van der Waals surface area (Å²) in [7, 11) is 3.57. The zero-order chi connectivity index (χ0) is 17.3. The van der Waals surface area contributed by atoms with E-state index in [0.717, 1.165) is 34.2 Å². The van der Waals surface area contributed by atoms with Crippen molar-refractivity contribution in [2.45, 2.75) is 18.6 Å². The van der Waals surface area contributed by atoms with Gasteiger partial charge in [0, 0.05) is 18.2 Å². The number of rotatable bonds is 1. The number of hydrogen-bond donors (Lipinski definition) is 2. The average molecular weight is 341 g/mol. The number of aliphatic hydroxyl groups is 1. The minimum Gasteiger partial charge on any atom is -0.504 e. The van der Waals surface area contributed by atoms with Gasteiger partial charge in [0.15, 0.2) is 23.0 Å². The Balaban J connectivity index is 1.86. The Morgan fingerprint density at radius 2 is 2.08 bits per heavy atom. The van der Waals surface area contributed by atoms with E-state index in [1.807, 2.05) is 19.2 Å². The lowest BCUT2D eigenvalue weighted by atomic mass is 9.76. The molecule has 2 aromatic carbocycles. The molecule has 2 aliphatic heterocycles. The van der Waals surface area contributed by atoms with Crippen molar-refractivity contribution in [2.75, 3.05) is 27.5 Å². The molecule has 2 N–H and O–H groups in total. The molecule has 3 aliphatic rings. The number of aromatic hydroxyl groups is 1. The van der Waals surface area contributed by atoms with E-state index in [0.29, 0.717) is 23.8 Å². The van der Waals surface area contributed by atoms with Gasteiger partial charge in [0.1, 0.15) is 0 Å². The molecule has 0 spiro atoms. The SMILES string of the molecule is COc1cc2c(cc1O)-c1c3c(cc4c1C(C2)N(C)CC4O)OCO3. The zero-order valence-corrected chi connectivity index (χ0v) is 14.1. The lowest BCUT2D eigenvalue weighted by molar-refractivity contribution is 0.0831. The van der Waals surface area contributed by atoms with Crippen molar-refractivity contribution < 1.29 is 24.4 Å². The van der Waals surface area contributed by atoms with Gasteiger partial charge in [-0.05, 0) is 53.9 Å². The highest BCUT2D eigenvalue weighted by atomic mass is 16.7.